The summed E-state index contributed by atoms with van der Waals surface area (Å²) < 4.78 is 10.6. The smallest absolute Gasteiger partial charge is 0.231 e. The van der Waals surface area contributed by atoms with Crippen molar-refractivity contribution in [2.24, 2.45) is 5.84 Å². The monoisotopic (exact) mass is 249 g/mol. The first-order valence-corrected chi connectivity index (χ1v) is 6.02. The number of ether oxygens (including phenoxy) is 2. The molecule has 17 heavy (non-hydrogen) atoms. The van der Waals surface area contributed by atoms with Crippen molar-refractivity contribution in [3.8, 4) is 22.8 Å². The number of thiazole rings is 1. The second-order valence-corrected chi connectivity index (χ2v) is 4.52. The van der Waals surface area contributed by atoms with Gasteiger partial charge in [-0.15, -0.1) is 11.3 Å². The van der Waals surface area contributed by atoms with Crippen LogP contribution in [0.1, 0.15) is 5.01 Å². The van der Waals surface area contributed by atoms with E-state index in [1.807, 2.05) is 23.6 Å². The van der Waals surface area contributed by atoms with Gasteiger partial charge in [-0.2, -0.15) is 0 Å². The Kier molecular flexibility index (Phi) is 2.68. The van der Waals surface area contributed by atoms with Gasteiger partial charge in [-0.25, -0.2) is 4.98 Å². The summed E-state index contributed by atoms with van der Waals surface area (Å²) in [4.78, 5) is 4.48. The maximum absolute atomic E-state index is 5.34. The van der Waals surface area contributed by atoms with Crippen LogP contribution < -0.4 is 20.7 Å². The topological polar surface area (TPSA) is 69.4 Å². The quantitative estimate of drug-likeness (QED) is 0.637. The second kappa shape index (κ2) is 4.33. The van der Waals surface area contributed by atoms with Gasteiger partial charge in [0.05, 0.1) is 12.2 Å². The summed E-state index contributed by atoms with van der Waals surface area (Å²) in [5.41, 5.74) is 4.54. The molecule has 3 rings (SSSR count). The zero-order valence-corrected chi connectivity index (χ0v) is 9.79. The predicted molar refractivity (Wildman–Crippen MR) is 64.7 cm³/mol. The first kappa shape index (κ1) is 10.5. The molecule has 0 bridgehead atoms. The third-order valence-electron chi connectivity index (χ3n) is 2.47. The second-order valence-electron chi connectivity index (χ2n) is 3.58. The first-order valence-electron chi connectivity index (χ1n) is 5.15. The number of hydrazine groups is 1. The van der Waals surface area contributed by atoms with E-state index in [1.54, 1.807) is 11.3 Å². The number of nitrogens with two attached hydrogens (primary N) is 1. The molecule has 0 unspecified atom stereocenters. The number of benzene rings is 1. The van der Waals surface area contributed by atoms with E-state index in [-0.39, 0.29) is 6.79 Å². The van der Waals surface area contributed by atoms with Gasteiger partial charge < -0.3 is 9.47 Å². The highest BCUT2D eigenvalue weighted by molar-refractivity contribution is 7.09. The van der Waals surface area contributed by atoms with E-state index in [2.05, 4.69) is 10.4 Å². The van der Waals surface area contributed by atoms with Gasteiger partial charge in [-0.1, -0.05) is 0 Å². The largest absolute Gasteiger partial charge is 0.454 e. The Balaban J connectivity index is 1.92. The summed E-state index contributed by atoms with van der Waals surface area (Å²) >= 11 is 1.58. The van der Waals surface area contributed by atoms with Gasteiger partial charge in [0.25, 0.3) is 0 Å². The summed E-state index contributed by atoms with van der Waals surface area (Å²) in [6, 6.07) is 5.82. The van der Waals surface area contributed by atoms with Gasteiger partial charge in [0, 0.05) is 10.9 Å². The van der Waals surface area contributed by atoms with Crippen molar-refractivity contribution in [2.45, 2.75) is 6.54 Å². The summed E-state index contributed by atoms with van der Waals surface area (Å²) in [5, 5.41) is 2.96. The third kappa shape index (κ3) is 1.97. The lowest BCUT2D eigenvalue weighted by molar-refractivity contribution is 0.174. The van der Waals surface area contributed by atoms with Crippen molar-refractivity contribution in [1.82, 2.24) is 10.4 Å². The van der Waals surface area contributed by atoms with E-state index in [0.717, 1.165) is 27.8 Å². The van der Waals surface area contributed by atoms with E-state index in [0.29, 0.717) is 6.54 Å². The minimum Gasteiger partial charge on any atom is -0.454 e. The Morgan fingerprint density at radius 1 is 1.35 bits per heavy atom. The van der Waals surface area contributed by atoms with E-state index >= 15 is 0 Å². The molecule has 2 aromatic rings. The molecule has 0 radical (unpaired) electrons. The molecule has 0 spiro atoms. The third-order valence-corrected chi connectivity index (χ3v) is 3.32. The molecule has 0 saturated heterocycles. The highest BCUT2D eigenvalue weighted by Crippen LogP contribution is 2.35. The Hall–Kier alpha value is -1.63. The van der Waals surface area contributed by atoms with Crippen molar-refractivity contribution in [2.75, 3.05) is 6.79 Å². The lowest BCUT2D eigenvalue weighted by Crippen LogP contribution is -2.20. The highest BCUT2D eigenvalue weighted by Gasteiger charge is 2.14. The standard InChI is InChI=1S/C11H11N3O2S/c12-13-4-11-14-8(5-17-11)7-1-2-9-10(3-7)16-6-15-9/h1-3,5,13H,4,6,12H2. The van der Waals surface area contributed by atoms with Crippen molar-refractivity contribution in [3.63, 3.8) is 0 Å². The molecule has 0 atom stereocenters. The number of hydrogen-bond acceptors (Lipinski definition) is 6. The minimum atomic E-state index is 0.290. The van der Waals surface area contributed by atoms with Crippen LogP contribution in [-0.2, 0) is 6.54 Å². The van der Waals surface area contributed by atoms with Gasteiger partial charge in [0.15, 0.2) is 11.5 Å². The van der Waals surface area contributed by atoms with E-state index in [1.165, 1.54) is 0 Å². The molecule has 6 heteroatoms. The van der Waals surface area contributed by atoms with E-state index in [9.17, 15) is 0 Å². The molecule has 3 N–H and O–H groups in total. The fourth-order valence-electron chi connectivity index (χ4n) is 1.67. The maximum atomic E-state index is 5.34. The number of hydrogen-bond donors (Lipinski definition) is 2. The molecule has 2 heterocycles. The van der Waals surface area contributed by atoms with Crippen molar-refractivity contribution in [3.05, 3.63) is 28.6 Å². The molecule has 0 saturated carbocycles. The molecule has 1 aromatic carbocycles. The van der Waals surface area contributed by atoms with Crippen LogP contribution in [0.25, 0.3) is 11.3 Å². The molecule has 0 amide bonds. The number of fused-ring (bicyclic) bond motifs is 1. The van der Waals surface area contributed by atoms with Crippen molar-refractivity contribution in [1.29, 1.82) is 0 Å². The maximum Gasteiger partial charge on any atom is 0.231 e. The van der Waals surface area contributed by atoms with Gasteiger partial charge in [0.1, 0.15) is 5.01 Å². The molecule has 1 aliphatic rings. The van der Waals surface area contributed by atoms with Gasteiger partial charge in [-0.05, 0) is 18.2 Å². The predicted octanol–water partition coefficient (Wildman–Crippen LogP) is 1.50. The number of rotatable bonds is 3. The molecular formula is C11H11N3O2S. The van der Waals surface area contributed by atoms with Gasteiger partial charge in [0.2, 0.25) is 6.79 Å². The molecular weight excluding hydrogens is 238 g/mol. The summed E-state index contributed by atoms with van der Waals surface area (Å²) in [6.07, 6.45) is 0. The van der Waals surface area contributed by atoms with Crippen molar-refractivity contribution < 1.29 is 9.47 Å². The summed E-state index contributed by atoms with van der Waals surface area (Å²) in [6.45, 7) is 0.868. The Labute approximate surface area is 102 Å². The van der Waals surface area contributed by atoms with Crippen LogP contribution >= 0.6 is 11.3 Å². The zero-order chi connectivity index (χ0) is 11.7. The Morgan fingerprint density at radius 3 is 3.12 bits per heavy atom. The molecule has 88 valence electrons. The van der Waals surface area contributed by atoms with E-state index < -0.39 is 0 Å². The SMILES string of the molecule is NNCc1nc(-c2ccc3c(c2)OCO3)cs1. The van der Waals surface area contributed by atoms with Crippen LogP contribution in [0.5, 0.6) is 11.5 Å². The molecule has 0 fully saturated rings. The number of nitrogens with zero attached hydrogens (tertiary/aromatic N) is 1. The number of aromatic nitrogens is 1. The zero-order valence-electron chi connectivity index (χ0n) is 8.97. The van der Waals surface area contributed by atoms with Crippen LogP contribution in [0.15, 0.2) is 23.6 Å². The summed E-state index contributed by atoms with van der Waals surface area (Å²) in [5.74, 6) is 6.82. The first-order chi connectivity index (χ1) is 8.36. The van der Waals surface area contributed by atoms with E-state index in [4.69, 9.17) is 15.3 Å². The van der Waals surface area contributed by atoms with Crippen LogP contribution in [0.4, 0.5) is 0 Å². The molecule has 0 aliphatic carbocycles. The Morgan fingerprint density at radius 2 is 2.24 bits per heavy atom. The fourth-order valence-corrected chi connectivity index (χ4v) is 2.42. The minimum absolute atomic E-state index is 0.290. The average Bonchev–Trinajstić information content (AvgIpc) is 2.96. The van der Waals surface area contributed by atoms with Gasteiger partial charge >= 0.3 is 0 Å². The summed E-state index contributed by atoms with van der Waals surface area (Å²) in [7, 11) is 0. The number of nitrogens with one attached hydrogen (secondary N) is 1. The lowest BCUT2D eigenvalue weighted by Gasteiger charge is -1.99. The normalized spacial score (nSPS) is 13.0. The fraction of sp³-hybridized carbons (Fsp3) is 0.182. The van der Waals surface area contributed by atoms with Crippen LogP contribution in [0.3, 0.4) is 0 Å². The Bertz CT molecular complexity index is 541. The highest BCUT2D eigenvalue weighted by atomic mass is 32.1. The molecule has 1 aliphatic heterocycles. The lowest BCUT2D eigenvalue weighted by atomic mass is 10.1. The van der Waals surface area contributed by atoms with Crippen LogP contribution in [0.2, 0.25) is 0 Å². The van der Waals surface area contributed by atoms with Crippen LogP contribution in [-0.4, -0.2) is 11.8 Å². The van der Waals surface area contributed by atoms with Crippen LogP contribution in [0, 0.1) is 0 Å². The molecule has 5 nitrogen and oxygen atoms in total. The average molecular weight is 249 g/mol. The molecule has 1 aromatic heterocycles. The van der Waals surface area contributed by atoms with Crippen molar-refractivity contribution >= 4 is 11.3 Å². The van der Waals surface area contributed by atoms with Gasteiger partial charge in [-0.3, -0.25) is 11.3 Å².